The molecule has 1 aromatic carbocycles. The largest absolute Gasteiger partial charge is 0.394 e. The van der Waals surface area contributed by atoms with Crippen LogP contribution in [0.5, 0.6) is 5.75 Å². The predicted octanol–water partition coefficient (Wildman–Crippen LogP) is 0.916. The van der Waals surface area contributed by atoms with Gasteiger partial charge in [-0.05, 0) is 17.8 Å². The van der Waals surface area contributed by atoms with Crippen LogP contribution in [0.15, 0.2) is 30.3 Å². The highest BCUT2D eigenvalue weighted by atomic mass is 35.5. The Bertz CT molecular complexity index is 208. The van der Waals surface area contributed by atoms with E-state index in [9.17, 15) is 0 Å². The maximum atomic E-state index is 8.34. The maximum absolute atomic E-state index is 8.34. The van der Waals surface area contributed by atoms with Gasteiger partial charge in [-0.3, -0.25) is 4.84 Å². The monoisotopic (exact) mass is 205 g/mol. The molecule has 0 aromatic heterocycles. The fourth-order valence-corrected chi connectivity index (χ4v) is 0.653. The molecule has 0 atom stereocenters. The van der Waals surface area contributed by atoms with Crippen LogP contribution in [-0.4, -0.2) is 18.3 Å². The smallest absolute Gasteiger partial charge is 0.150 e. The van der Waals surface area contributed by atoms with Crippen molar-refractivity contribution in [2.45, 2.75) is 0 Å². The Balaban J connectivity index is 0.00000144. The zero-order chi connectivity index (χ0) is 8.65. The lowest BCUT2D eigenvalue weighted by Crippen LogP contribution is -2.20. The minimum Gasteiger partial charge on any atom is -0.394 e. The van der Waals surface area contributed by atoms with Gasteiger partial charge in [-0.15, -0.1) is 12.4 Å². The number of benzene rings is 1. The van der Waals surface area contributed by atoms with Crippen molar-refractivity contribution in [1.82, 2.24) is 5.64 Å². The molecule has 0 radical (unpaired) electrons. The van der Waals surface area contributed by atoms with Crippen molar-refractivity contribution < 1.29 is 14.8 Å². The third-order valence-electron chi connectivity index (χ3n) is 1.15. The van der Waals surface area contributed by atoms with Crippen molar-refractivity contribution >= 4 is 12.4 Å². The number of hydrogen-bond donors (Lipinski definition) is 2. The first-order valence-electron chi connectivity index (χ1n) is 3.63. The molecule has 1 aromatic rings. The Labute approximate surface area is 82.8 Å². The molecule has 0 unspecified atom stereocenters. The molecule has 1 rings (SSSR count). The summed E-state index contributed by atoms with van der Waals surface area (Å²) in [5.74, 6) is 0.662. The van der Waals surface area contributed by atoms with Gasteiger partial charge in [-0.2, -0.15) is 0 Å². The van der Waals surface area contributed by atoms with Crippen molar-refractivity contribution in [3.8, 4) is 5.75 Å². The summed E-state index contributed by atoms with van der Waals surface area (Å²) in [6.07, 6.45) is 0. The molecule has 4 nitrogen and oxygen atoms in total. The molecule has 0 spiro atoms. The van der Waals surface area contributed by atoms with Gasteiger partial charge >= 0.3 is 0 Å². The predicted molar refractivity (Wildman–Crippen MR) is 50.5 cm³/mol. The van der Waals surface area contributed by atoms with Crippen LogP contribution in [0.2, 0.25) is 0 Å². The number of nitrogens with one attached hydrogen (secondary N) is 1. The van der Waals surface area contributed by atoms with E-state index < -0.39 is 0 Å². The van der Waals surface area contributed by atoms with E-state index in [1.54, 1.807) is 12.1 Å². The van der Waals surface area contributed by atoms with Crippen LogP contribution < -0.4 is 10.5 Å². The number of rotatable bonds is 5. The number of para-hydroxylation sites is 1. The molecule has 5 heteroatoms. The normalized spacial score (nSPS) is 9.00. The SMILES string of the molecule is Cl.OCCONOc1ccccc1. The van der Waals surface area contributed by atoms with E-state index in [4.69, 9.17) is 9.94 Å². The van der Waals surface area contributed by atoms with Crippen molar-refractivity contribution in [2.24, 2.45) is 0 Å². The fraction of sp³-hybridized carbons (Fsp3) is 0.250. The molecular weight excluding hydrogens is 194 g/mol. The highest BCUT2D eigenvalue weighted by molar-refractivity contribution is 5.85. The number of hydrogen-bond acceptors (Lipinski definition) is 4. The van der Waals surface area contributed by atoms with Crippen LogP contribution in [0.1, 0.15) is 0 Å². The van der Waals surface area contributed by atoms with E-state index in [1.165, 1.54) is 0 Å². The van der Waals surface area contributed by atoms with E-state index in [1.807, 2.05) is 18.2 Å². The third-order valence-corrected chi connectivity index (χ3v) is 1.15. The maximum Gasteiger partial charge on any atom is 0.150 e. The van der Waals surface area contributed by atoms with Crippen LogP contribution in [0.3, 0.4) is 0 Å². The summed E-state index contributed by atoms with van der Waals surface area (Å²) >= 11 is 0. The van der Waals surface area contributed by atoms with Gasteiger partial charge in [0.2, 0.25) is 0 Å². The molecule has 0 heterocycles. The van der Waals surface area contributed by atoms with Gasteiger partial charge in [-0.1, -0.05) is 18.2 Å². The topological polar surface area (TPSA) is 50.7 Å². The minimum atomic E-state index is -0.0366. The van der Waals surface area contributed by atoms with E-state index in [0.29, 0.717) is 5.75 Å². The molecule has 0 fully saturated rings. The Hall–Kier alpha value is -0.810. The van der Waals surface area contributed by atoms with Crippen molar-refractivity contribution in [3.63, 3.8) is 0 Å². The first-order chi connectivity index (χ1) is 5.93. The molecule has 0 saturated carbocycles. The molecule has 0 amide bonds. The summed E-state index contributed by atoms with van der Waals surface area (Å²) in [4.78, 5) is 9.59. The molecule has 0 saturated heterocycles. The second kappa shape index (κ2) is 7.82. The van der Waals surface area contributed by atoms with Crippen LogP contribution in [0.25, 0.3) is 0 Å². The number of aliphatic hydroxyl groups excluding tert-OH is 1. The summed E-state index contributed by atoms with van der Waals surface area (Å²) in [7, 11) is 0. The molecule has 0 bridgehead atoms. The van der Waals surface area contributed by atoms with Crippen LogP contribution in [-0.2, 0) is 4.84 Å². The molecule has 0 aliphatic rings. The molecule has 0 aliphatic heterocycles. The Morgan fingerprint density at radius 3 is 2.54 bits per heavy atom. The lowest BCUT2D eigenvalue weighted by molar-refractivity contribution is -0.114. The Morgan fingerprint density at radius 1 is 1.23 bits per heavy atom. The second-order valence-electron chi connectivity index (χ2n) is 2.07. The van der Waals surface area contributed by atoms with Crippen LogP contribution >= 0.6 is 12.4 Å². The quantitative estimate of drug-likeness (QED) is 0.555. The Kier molecular flexibility index (Phi) is 7.33. The first kappa shape index (κ1) is 12.2. The summed E-state index contributed by atoms with van der Waals surface area (Å²) < 4.78 is 0. The highest BCUT2D eigenvalue weighted by Gasteiger charge is 1.89. The Morgan fingerprint density at radius 2 is 1.92 bits per heavy atom. The second-order valence-corrected chi connectivity index (χ2v) is 2.07. The first-order valence-corrected chi connectivity index (χ1v) is 3.63. The van der Waals surface area contributed by atoms with Crippen molar-refractivity contribution in [1.29, 1.82) is 0 Å². The van der Waals surface area contributed by atoms with Crippen molar-refractivity contribution in [2.75, 3.05) is 13.2 Å². The van der Waals surface area contributed by atoms with Gasteiger partial charge < -0.3 is 9.94 Å². The third kappa shape index (κ3) is 5.43. The van der Waals surface area contributed by atoms with E-state index in [0.717, 1.165) is 0 Å². The number of aliphatic hydroxyl groups is 1. The summed E-state index contributed by atoms with van der Waals surface area (Å²) in [5, 5.41) is 8.34. The zero-order valence-electron chi connectivity index (χ0n) is 6.97. The van der Waals surface area contributed by atoms with Crippen LogP contribution in [0, 0.1) is 0 Å². The average molecular weight is 206 g/mol. The molecule has 2 N–H and O–H groups in total. The lowest BCUT2D eigenvalue weighted by Gasteiger charge is -2.04. The standard InChI is InChI=1S/C8H11NO3.ClH/c10-6-7-11-9-12-8-4-2-1-3-5-8;/h1-5,9-10H,6-7H2;1H. The highest BCUT2D eigenvalue weighted by Crippen LogP contribution is 2.05. The van der Waals surface area contributed by atoms with Crippen molar-refractivity contribution in [3.05, 3.63) is 30.3 Å². The summed E-state index contributed by atoms with van der Waals surface area (Å²) in [6, 6.07) is 9.16. The van der Waals surface area contributed by atoms with Gasteiger partial charge in [0.05, 0.1) is 13.2 Å². The van der Waals surface area contributed by atoms with E-state index in [2.05, 4.69) is 10.5 Å². The number of halogens is 1. The minimum absolute atomic E-state index is 0. The fourth-order valence-electron chi connectivity index (χ4n) is 0.653. The zero-order valence-corrected chi connectivity index (χ0v) is 7.79. The van der Waals surface area contributed by atoms with Gasteiger partial charge in [0.15, 0.2) is 0 Å². The molecular formula is C8H12ClNO3. The van der Waals surface area contributed by atoms with E-state index in [-0.39, 0.29) is 25.6 Å². The molecule has 0 aliphatic carbocycles. The van der Waals surface area contributed by atoms with Crippen LogP contribution in [0.4, 0.5) is 0 Å². The van der Waals surface area contributed by atoms with Gasteiger partial charge in [0.25, 0.3) is 0 Å². The summed E-state index contributed by atoms with van der Waals surface area (Å²) in [5.41, 5.74) is 2.24. The summed E-state index contributed by atoms with van der Waals surface area (Å²) in [6.45, 7) is 0.165. The van der Waals surface area contributed by atoms with Gasteiger partial charge in [0.1, 0.15) is 5.75 Å². The lowest BCUT2D eigenvalue weighted by atomic mass is 10.3. The molecule has 13 heavy (non-hydrogen) atoms. The molecule has 74 valence electrons. The average Bonchev–Trinajstić information content (AvgIpc) is 2.14. The van der Waals surface area contributed by atoms with E-state index >= 15 is 0 Å². The van der Waals surface area contributed by atoms with Gasteiger partial charge in [-0.25, -0.2) is 0 Å². The van der Waals surface area contributed by atoms with Gasteiger partial charge in [0, 0.05) is 0 Å².